The average Bonchev–Trinajstić information content (AvgIpc) is 2.97. The summed E-state index contributed by atoms with van der Waals surface area (Å²) in [5.74, 6) is -1.08. The fourth-order valence-electron chi connectivity index (χ4n) is 2.34. The second kappa shape index (κ2) is 6.87. The van der Waals surface area contributed by atoms with Gasteiger partial charge in [-0.2, -0.15) is 13.2 Å². The molecule has 0 spiro atoms. The highest BCUT2D eigenvalue weighted by Gasteiger charge is 2.33. The first kappa shape index (κ1) is 18.1. The Hall–Kier alpha value is -2.74. The van der Waals surface area contributed by atoms with Crippen molar-refractivity contribution in [1.29, 1.82) is 0 Å². The fraction of sp³-hybridized carbons (Fsp3) is 0.111. The topological polar surface area (TPSA) is 42.0 Å². The lowest BCUT2D eigenvalue weighted by molar-refractivity contribution is -0.136. The maximum absolute atomic E-state index is 13.0. The van der Waals surface area contributed by atoms with E-state index >= 15 is 0 Å². The second-order valence-electron chi connectivity index (χ2n) is 5.44. The van der Waals surface area contributed by atoms with Crippen molar-refractivity contribution in [3.63, 3.8) is 0 Å². The molecule has 0 saturated carbocycles. The van der Waals surface area contributed by atoms with Crippen molar-refractivity contribution in [3.05, 3.63) is 70.5 Å². The Labute approximate surface area is 150 Å². The lowest BCUT2D eigenvalue weighted by atomic mass is 10.1. The molecule has 3 nitrogen and oxygen atoms in total. The van der Waals surface area contributed by atoms with E-state index in [0.717, 1.165) is 17.4 Å². The van der Waals surface area contributed by atoms with Crippen LogP contribution in [0.25, 0.3) is 10.6 Å². The molecule has 26 heavy (non-hydrogen) atoms. The van der Waals surface area contributed by atoms with Crippen molar-refractivity contribution in [1.82, 2.24) is 4.98 Å². The van der Waals surface area contributed by atoms with Gasteiger partial charge in [0.05, 0.1) is 16.9 Å². The van der Waals surface area contributed by atoms with Crippen molar-refractivity contribution in [3.8, 4) is 10.6 Å². The highest BCUT2D eigenvalue weighted by Crippen LogP contribution is 2.35. The average molecular weight is 380 g/mol. The van der Waals surface area contributed by atoms with E-state index in [1.165, 1.54) is 42.5 Å². The van der Waals surface area contributed by atoms with Gasteiger partial charge in [-0.25, -0.2) is 9.37 Å². The lowest BCUT2D eigenvalue weighted by Gasteiger charge is -2.13. The summed E-state index contributed by atoms with van der Waals surface area (Å²) in [7, 11) is 0. The molecule has 0 unspecified atom stereocenters. The number of alkyl halides is 3. The largest absolute Gasteiger partial charge is 0.418 e. The molecule has 8 heteroatoms. The number of carbonyl (C=O) groups is 1. The minimum atomic E-state index is -4.58. The fourth-order valence-corrected chi connectivity index (χ4v) is 3.31. The Kier molecular flexibility index (Phi) is 4.78. The second-order valence-corrected chi connectivity index (χ2v) is 6.44. The number of nitrogens with zero attached hydrogens (tertiary/aromatic N) is 1. The van der Waals surface area contributed by atoms with Gasteiger partial charge in [-0.05, 0) is 43.3 Å². The molecule has 0 fully saturated rings. The van der Waals surface area contributed by atoms with Gasteiger partial charge in [0.1, 0.15) is 15.7 Å². The maximum atomic E-state index is 13.0. The third kappa shape index (κ3) is 3.75. The molecule has 0 atom stereocenters. The molecule has 3 aromatic rings. The molecule has 134 valence electrons. The Bertz CT molecular complexity index is 949. The number of halogens is 4. The molecule has 0 aliphatic carbocycles. The zero-order chi connectivity index (χ0) is 18.9. The highest BCUT2D eigenvalue weighted by molar-refractivity contribution is 7.17. The Morgan fingerprint density at radius 2 is 1.73 bits per heavy atom. The summed E-state index contributed by atoms with van der Waals surface area (Å²) in [5, 5.41) is 2.78. The van der Waals surface area contributed by atoms with Crippen LogP contribution >= 0.6 is 11.3 Å². The maximum Gasteiger partial charge on any atom is 0.418 e. The molecule has 0 radical (unpaired) electrons. The third-order valence-electron chi connectivity index (χ3n) is 3.57. The standard InChI is InChI=1S/C18H12F4N2OS/c1-10-15(26-17(23-10)11-6-8-12(19)9-7-11)16(25)24-14-5-3-2-4-13(14)18(20,21)22/h2-9H,1H3,(H,24,25). The number of aromatic nitrogens is 1. The van der Waals surface area contributed by atoms with Crippen LogP contribution in [0, 0.1) is 12.7 Å². The molecule has 1 amide bonds. The smallest absolute Gasteiger partial charge is 0.321 e. The molecule has 0 saturated heterocycles. The van der Waals surface area contributed by atoms with E-state index in [1.807, 2.05) is 0 Å². The molecule has 0 aliphatic rings. The Morgan fingerprint density at radius 3 is 2.38 bits per heavy atom. The minimum Gasteiger partial charge on any atom is -0.321 e. The van der Waals surface area contributed by atoms with Crippen molar-refractivity contribution < 1.29 is 22.4 Å². The van der Waals surface area contributed by atoms with Gasteiger partial charge >= 0.3 is 6.18 Å². The predicted octanol–water partition coefficient (Wildman–Crippen LogP) is 5.53. The van der Waals surface area contributed by atoms with Gasteiger partial charge in [0, 0.05) is 5.56 Å². The van der Waals surface area contributed by atoms with Crippen LogP contribution in [0.1, 0.15) is 20.9 Å². The monoisotopic (exact) mass is 380 g/mol. The number of carbonyl (C=O) groups excluding carboxylic acids is 1. The van der Waals surface area contributed by atoms with E-state index < -0.39 is 23.5 Å². The first-order chi connectivity index (χ1) is 12.3. The number of para-hydroxylation sites is 1. The van der Waals surface area contributed by atoms with Crippen LogP contribution in [-0.2, 0) is 6.18 Å². The van der Waals surface area contributed by atoms with Gasteiger partial charge in [-0.3, -0.25) is 4.79 Å². The third-order valence-corrected chi connectivity index (χ3v) is 4.78. The summed E-state index contributed by atoms with van der Waals surface area (Å²) in [6, 6.07) is 10.3. The van der Waals surface area contributed by atoms with E-state index in [1.54, 1.807) is 6.92 Å². The Morgan fingerprint density at radius 1 is 1.08 bits per heavy atom. The number of hydrogen-bond acceptors (Lipinski definition) is 3. The lowest BCUT2D eigenvalue weighted by Crippen LogP contribution is -2.16. The summed E-state index contributed by atoms with van der Waals surface area (Å²) in [6.45, 7) is 1.59. The Balaban J connectivity index is 1.89. The normalized spacial score (nSPS) is 11.4. The van der Waals surface area contributed by atoms with E-state index in [9.17, 15) is 22.4 Å². The van der Waals surface area contributed by atoms with Crippen molar-refractivity contribution in [2.24, 2.45) is 0 Å². The van der Waals surface area contributed by atoms with Gasteiger partial charge in [0.2, 0.25) is 0 Å². The van der Waals surface area contributed by atoms with Crippen LogP contribution < -0.4 is 5.32 Å². The van der Waals surface area contributed by atoms with Crippen molar-refractivity contribution >= 4 is 22.9 Å². The quantitative estimate of drug-likeness (QED) is 0.607. The summed E-state index contributed by atoms with van der Waals surface area (Å²) in [5.41, 5.74) is -0.235. The van der Waals surface area contributed by atoms with E-state index in [2.05, 4.69) is 10.3 Å². The summed E-state index contributed by atoms with van der Waals surface area (Å²) in [6.07, 6.45) is -4.58. The van der Waals surface area contributed by atoms with Crippen LogP contribution in [0.2, 0.25) is 0 Å². The van der Waals surface area contributed by atoms with Crippen LogP contribution in [0.3, 0.4) is 0 Å². The van der Waals surface area contributed by atoms with E-state index in [4.69, 9.17) is 0 Å². The summed E-state index contributed by atoms with van der Waals surface area (Å²) in [4.78, 5) is 16.9. The molecule has 0 bridgehead atoms. The number of nitrogens with one attached hydrogen (secondary N) is 1. The van der Waals surface area contributed by atoms with Gasteiger partial charge in [0.25, 0.3) is 5.91 Å². The van der Waals surface area contributed by atoms with Gasteiger partial charge in [-0.15, -0.1) is 11.3 Å². The molecule has 1 N–H and O–H groups in total. The molecule has 1 heterocycles. The van der Waals surface area contributed by atoms with Gasteiger partial charge in [-0.1, -0.05) is 12.1 Å². The number of benzene rings is 2. The van der Waals surface area contributed by atoms with Crippen LogP contribution in [0.5, 0.6) is 0 Å². The molecule has 2 aromatic carbocycles. The summed E-state index contributed by atoms with van der Waals surface area (Å²) >= 11 is 1.03. The van der Waals surface area contributed by atoms with Crippen molar-refractivity contribution in [2.45, 2.75) is 13.1 Å². The van der Waals surface area contributed by atoms with E-state index in [0.29, 0.717) is 16.3 Å². The summed E-state index contributed by atoms with van der Waals surface area (Å²) < 4.78 is 52.2. The minimum absolute atomic E-state index is 0.196. The van der Waals surface area contributed by atoms with Gasteiger partial charge in [0.15, 0.2) is 0 Å². The zero-order valence-corrected chi connectivity index (χ0v) is 14.2. The molecule has 3 rings (SSSR count). The number of anilines is 1. The van der Waals surface area contributed by atoms with Crippen molar-refractivity contribution in [2.75, 3.05) is 5.32 Å². The number of hydrogen-bond donors (Lipinski definition) is 1. The van der Waals surface area contributed by atoms with E-state index in [-0.39, 0.29) is 10.6 Å². The van der Waals surface area contributed by atoms with Crippen LogP contribution in [0.4, 0.5) is 23.2 Å². The number of aryl methyl sites for hydroxylation is 1. The first-order valence-electron chi connectivity index (χ1n) is 7.46. The molecule has 0 aliphatic heterocycles. The molecular weight excluding hydrogens is 368 g/mol. The first-order valence-corrected chi connectivity index (χ1v) is 8.28. The van der Waals surface area contributed by atoms with Gasteiger partial charge < -0.3 is 5.32 Å². The molecule has 1 aromatic heterocycles. The number of amides is 1. The highest BCUT2D eigenvalue weighted by atomic mass is 32.1. The SMILES string of the molecule is Cc1nc(-c2ccc(F)cc2)sc1C(=O)Nc1ccccc1C(F)(F)F. The van der Waals surface area contributed by atoms with Crippen LogP contribution in [-0.4, -0.2) is 10.9 Å². The predicted molar refractivity (Wildman–Crippen MR) is 91.6 cm³/mol. The van der Waals surface area contributed by atoms with Crippen LogP contribution in [0.15, 0.2) is 48.5 Å². The molecular formula is C18H12F4N2OS. The zero-order valence-electron chi connectivity index (χ0n) is 13.4. The number of thiazole rings is 1. The number of rotatable bonds is 3.